The highest BCUT2D eigenvalue weighted by Crippen LogP contribution is 2.20. The van der Waals surface area contributed by atoms with E-state index < -0.39 is 6.09 Å². The summed E-state index contributed by atoms with van der Waals surface area (Å²) in [7, 11) is 1.51. The smallest absolute Gasteiger partial charge is 0.406 e. The normalized spacial score (nSPS) is 17.2. The fraction of sp³-hybridized carbons (Fsp3) is 0.412. The number of piperidine rings is 1. The maximum Gasteiger partial charge on any atom is 0.406 e. The van der Waals surface area contributed by atoms with Crippen LogP contribution in [0.4, 0.5) is 4.79 Å². The molecule has 1 saturated heterocycles. The standard InChI is InChI=1S/C17H21N5O3/c1-18-17(24)25-11-13-5-2-3-9-22(13)16(23)14-6-4-7-15(20-14)21-10-8-19-12-21/h4,6-8,10,12-13H,2-3,5,9,11H2,1H3,(H,18,24). The second kappa shape index (κ2) is 7.78. The van der Waals surface area contributed by atoms with E-state index in [0.717, 1.165) is 19.3 Å². The van der Waals surface area contributed by atoms with Crippen molar-refractivity contribution in [3.8, 4) is 5.82 Å². The molecule has 0 aromatic carbocycles. The summed E-state index contributed by atoms with van der Waals surface area (Å²) in [5.41, 5.74) is 0.373. The molecule has 1 aliphatic rings. The Labute approximate surface area is 145 Å². The minimum absolute atomic E-state index is 0.128. The molecule has 2 aromatic rings. The summed E-state index contributed by atoms with van der Waals surface area (Å²) in [5, 5.41) is 2.42. The van der Waals surface area contributed by atoms with Gasteiger partial charge in [-0.3, -0.25) is 9.36 Å². The highest BCUT2D eigenvalue weighted by Gasteiger charge is 2.29. The molecule has 1 N–H and O–H groups in total. The highest BCUT2D eigenvalue weighted by atomic mass is 16.5. The lowest BCUT2D eigenvalue weighted by Gasteiger charge is -2.35. The summed E-state index contributed by atoms with van der Waals surface area (Å²) in [4.78, 5) is 34.4. The maximum atomic E-state index is 12.9. The summed E-state index contributed by atoms with van der Waals surface area (Å²) < 4.78 is 6.90. The lowest BCUT2D eigenvalue weighted by Crippen LogP contribution is -2.47. The van der Waals surface area contributed by atoms with Gasteiger partial charge in [0, 0.05) is 26.0 Å². The van der Waals surface area contributed by atoms with Crippen molar-refractivity contribution in [3.05, 3.63) is 42.6 Å². The number of likely N-dealkylation sites (tertiary alicyclic amines) is 1. The fourth-order valence-corrected chi connectivity index (χ4v) is 2.91. The average Bonchev–Trinajstić information content (AvgIpc) is 3.20. The third-order valence-electron chi connectivity index (χ3n) is 4.22. The van der Waals surface area contributed by atoms with E-state index in [-0.39, 0.29) is 18.6 Å². The number of carbonyl (C=O) groups is 2. The number of rotatable bonds is 4. The van der Waals surface area contributed by atoms with Gasteiger partial charge in [-0.1, -0.05) is 6.07 Å². The van der Waals surface area contributed by atoms with Crippen LogP contribution in [0.2, 0.25) is 0 Å². The van der Waals surface area contributed by atoms with Crippen molar-refractivity contribution in [2.45, 2.75) is 25.3 Å². The number of hydrogen-bond acceptors (Lipinski definition) is 5. The molecule has 132 valence electrons. The van der Waals surface area contributed by atoms with Crippen molar-refractivity contribution in [3.63, 3.8) is 0 Å². The SMILES string of the molecule is CNC(=O)OCC1CCCCN1C(=O)c1cccc(-n2ccnc2)n1. The van der Waals surface area contributed by atoms with E-state index in [0.29, 0.717) is 18.1 Å². The average molecular weight is 343 g/mol. The molecule has 1 fully saturated rings. The van der Waals surface area contributed by atoms with Crippen LogP contribution in [0.3, 0.4) is 0 Å². The van der Waals surface area contributed by atoms with Gasteiger partial charge < -0.3 is 15.0 Å². The van der Waals surface area contributed by atoms with Crippen molar-refractivity contribution >= 4 is 12.0 Å². The molecule has 0 aliphatic carbocycles. The molecule has 3 rings (SSSR count). The van der Waals surface area contributed by atoms with Gasteiger partial charge in [-0.05, 0) is 31.4 Å². The Bertz CT molecular complexity index is 732. The van der Waals surface area contributed by atoms with E-state index in [1.54, 1.807) is 40.3 Å². The Balaban J connectivity index is 1.76. The van der Waals surface area contributed by atoms with Crippen LogP contribution in [0.5, 0.6) is 0 Å². The first-order chi connectivity index (χ1) is 12.2. The number of pyridine rings is 1. The molecule has 8 nitrogen and oxygen atoms in total. The largest absolute Gasteiger partial charge is 0.447 e. The first-order valence-corrected chi connectivity index (χ1v) is 8.30. The van der Waals surface area contributed by atoms with Crippen molar-refractivity contribution in [1.82, 2.24) is 24.8 Å². The molecule has 0 bridgehead atoms. The topological polar surface area (TPSA) is 89.4 Å². The van der Waals surface area contributed by atoms with Gasteiger partial charge in [-0.25, -0.2) is 14.8 Å². The number of imidazole rings is 1. The molecule has 0 radical (unpaired) electrons. The maximum absolute atomic E-state index is 12.9. The zero-order valence-electron chi connectivity index (χ0n) is 14.1. The van der Waals surface area contributed by atoms with E-state index in [2.05, 4.69) is 15.3 Å². The summed E-state index contributed by atoms with van der Waals surface area (Å²) in [6.07, 6.45) is 7.34. The first kappa shape index (κ1) is 16.9. The van der Waals surface area contributed by atoms with Crippen LogP contribution in [0.25, 0.3) is 5.82 Å². The van der Waals surface area contributed by atoms with Gasteiger partial charge >= 0.3 is 6.09 Å². The Hall–Kier alpha value is -2.90. The Kier molecular flexibility index (Phi) is 5.27. The number of nitrogens with one attached hydrogen (secondary N) is 1. The Morgan fingerprint density at radius 1 is 1.36 bits per heavy atom. The van der Waals surface area contributed by atoms with Crippen LogP contribution in [-0.2, 0) is 4.74 Å². The van der Waals surface area contributed by atoms with Crippen LogP contribution >= 0.6 is 0 Å². The van der Waals surface area contributed by atoms with Gasteiger partial charge in [-0.2, -0.15) is 0 Å². The van der Waals surface area contributed by atoms with Gasteiger partial charge in [0.25, 0.3) is 5.91 Å². The molecule has 0 spiro atoms. The molecule has 1 aliphatic heterocycles. The van der Waals surface area contributed by atoms with E-state index in [1.807, 2.05) is 6.07 Å². The van der Waals surface area contributed by atoms with Gasteiger partial charge in [0.1, 0.15) is 24.4 Å². The van der Waals surface area contributed by atoms with E-state index >= 15 is 0 Å². The van der Waals surface area contributed by atoms with Crippen molar-refractivity contribution in [2.24, 2.45) is 0 Å². The molecule has 1 atom stereocenters. The predicted octanol–water partition coefficient (Wildman–Crippen LogP) is 1.62. The minimum Gasteiger partial charge on any atom is -0.447 e. The first-order valence-electron chi connectivity index (χ1n) is 8.30. The molecule has 2 amide bonds. The summed E-state index contributed by atoms with van der Waals surface area (Å²) in [6.45, 7) is 0.824. The lowest BCUT2D eigenvalue weighted by molar-refractivity contribution is 0.0447. The van der Waals surface area contributed by atoms with Crippen molar-refractivity contribution in [1.29, 1.82) is 0 Å². The predicted molar refractivity (Wildman–Crippen MR) is 90.4 cm³/mol. The van der Waals surface area contributed by atoms with E-state index in [4.69, 9.17) is 4.74 Å². The molecule has 0 saturated carbocycles. The second-order valence-electron chi connectivity index (χ2n) is 5.85. The second-order valence-corrected chi connectivity index (χ2v) is 5.85. The number of alkyl carbamates (subject to hydrolysis) is 1. The molecule has 1 unspecified atom stereocenters. The Morgan fingerprint density at radius 2 is 2.24 bits per heavy atom. The van der Waals surface area contributed by atoms with Gasteiger partial charge in [0.2, 0.25) is 0 Å². The molecular formula is C17H21N5O3. The number of amides is 2. The van der Waals surface area contributed by atoms with Crippen LogP contribution in [-0.4, -0.2) is 57.7 Å². The molecule has 8 heteroatoms. The molecule has 25 heavy (non-hydrogen) atoms. The fourth-order valence-electron chi connectivity index (χ4n) is 2.91. The molecule has 3 heterocycles. The molecular weight excluding hydrogens is 322 g/mol. The zero-order valence-corrected chi connectivity index (χ0v) is 14.1. The summed E-state index contributed by atoms with van der Waals surface area (Å²) >= 11 is 0. The number of carbonyl (C=O) groups excluding carboxylic acids is 2. The number of hydrogen-bond donors (Lipinski definition) is 1. The highest BCUT2D eigenvalue weighted by molar-refractivity contribution is 5.92. The van der Waals surface area contributed by atoms with E-state index in [9.17, 15) is 9.59 Å². The van der Waals surface area contributed by atoms with Crippen LogP contribution in [0.1, 0.15) is 29.8 Å². The van der Waals surface area contributed by atoms with Crippen LogP contribution in [0, 0.1) is 0 Å². The van der Waals surface area contributed by atoms with Gasteiger partial charge in [0.05, 0.1) is 6.04 Å². The number of ether oxygens (including phenoxy) is 1. The minimum atomic E-state index is -0.488. The number of nitrogens with zero attached hydrogens (tertiary/aromatic N) is 4. The van der Waals surface area contributed by atoms with E-state index in [1.165, 1.54) is 7.05 Å². The summed E-state index contributed by atoms with van der Waals surface area (Å²) in [6, 6.07) is 5.20. The van der Waals surface area contributed by atoms with Gasteiger partial charge in [0.15, 0.2) is 0 Å². The monoisotopic (exact) mass is 343 g/mol. The van der Waals surface area contributed by atoms with Crippen molar-refractivity contribution in [2.75, 3.05) is 20.2 Å². The lowest BCUT2D eigenvalue weighted by atomic mass is 10.0. The quantitative estimate of drug-likeness (QED) is 0.911. The third-order valence-corrected chi connectivity index (χ3v) is 4.22. The van der Waals surface area contributed by atoms with Crippen LogP contribution < -0.4 is 5.32 Å². The summed E-state index contributed by atoms with van der Waals surface area (Å²) in [5.74, 6) is 0.491. The zero-order chi connectivity index (χ0) is 17.6. The van der Waals surface area contributed by atoms with Gasteiger partial charge in [-0.15, -0.1) is 0 Å². The van der Waals surface area contributed by atoms with Crippen LogP contribution in [0.15, 0.2) is 36.9 Å². The Morgan fingerprint density at radius 3 is 3.00 bits per heavy atom. The van der Waals surface area contributed by atoms with Crippen molar-refractivity contribution < 1.29 is 14.3 Å². The molecule has 2 aromatic heterocycles. The number of aromatic nitrogens is 3. The third kappa shape index (κ3) is 3.96.